The van der Waals surface area contributed by atoms with Crippen LogP contribution in [0.1, 0.15) is 23.2 Å². The van der Waals surface area contributed by atoms with E-state index in [0.717, 1.165) is 29.3 Å². The van der Waals surface area contributed by atoms with E-state index in [2.05, 4.69) is 20.3 Å². The molecule has 0 radical (unpaired) electrons. The Morgan fingerprint density at radius 3 is 2.85 bits per heavy atom. The summed E-state index contributed by atoms with van der Waals surface area (Å²) < 4.78 is 5.23. The van der Waals surface area contributed by atoms with Gasteiger partial charge < -0.3 is 19.9 Å². The molecule has 1 aliphatic heterocycles. The zero-order chi connectivity index (χ0) is 17.9. The lowest BCUT2D eigenvalue weighted by atomic mass is 10.0. The SMILES string of the molecule is COc1nccnc1NC1CCN(C(=O)c2cccc3[nH]ccc23)CC1. The molecule has 1 aromatic carbocycles. The molecule has 0 atom stereocenters. The molecule has 1 fully saturated rings. The zero-order valence-electron chi connectivity index (χ0n) is 14.6. The highest BCUT2D eigenvalue weighted by molar-refractivity contribution is 6.06. The number of fused-ring (bicyclic) bond motifs is 1. The van der Waals surface area contributed by atoms with Gasteiger partial charge in [0, 0.05) is 54.2 Å². The van der Waals surface area contributed by atoms with Gasteiger partial charge in [-0.1, -0.05) is 6.07 Å². The molecule has 0 unspecified atom stereocenters. The highest BCUT2D eigenvalue weighted by atomic mass is 16.5. The number of H-pyrrole nitrogens is 1. The van der Waals surface area contributed by atoms with Crippen LogP contribution < -0.4 is 10.1 Å². The van der Waals surface area contributed by atoms with Crippen molar-refractivity contribution in [2.24, 2.45) is 0 Å². The molecule has 26 heavy (non-hydrogen) atoms. The molecule has 1 saturated heterocycles. The maximum atomic E-state index is 12.9. The van der Waals surface area contributed by atoms with Crippen LogP contribution in [0.4, 0.5) is 5.82 Å². The van der Waals surface area contributed by atoms with Crippen molar-refractivity contribution in [1.29, 1.82) is 0 Å². The second-order valence-corrected chi connectivity index (χ2v) is 6.37. The van der Waals surface area contributed by atoms with Gasteiger partial charge in [0.1, 0.15) is 0 Å². The number of aromatic amines is 1. The molecular formula is C19H21N5O2. The van der Waals surface area contributed by atoms with Crippen LogP contribution in [0.25, 0.3) is 10.9 Å². The van der Waals surface area contributed by atoms with Crippen molar-refractivity contribution in [3.8, 4) is 5.88 Å². The van der Waals surface area contributed by atoms with Gasteiger partial charge in [0.15, 0.2) is 5.82 Å². The highest BCUT2D eigenvalue weighted by Crippen LogP contribution is 2.24. The standard InChI is InChI=1S/C19H21N5O2/c1-26-18-17(21-9-10-22-18)23-13-6-11-24(12-7-13)19(25)15-3-2-4-16-14(15)5-8-20-16/h2-5,8-10,13,20H,6-7,11-12H2,1H3,(H,21,23). The molecule has 4 rings (SSSR count). The molecule has 7 nitrogen and oxygen atoms in total. The molecule has 1 amide bonds. The van der Waals surface area contributed by atoms with Gasteiger partial charge in [0.2, 0.25) is 0 Å². The summed E-state index contributed by atoms with van der Waals surface area (Å²) in [5.74, 6) is 1.23. The number of benzene rings is 1. The second-order valence-electron chi connectivity index (χ2n) is 6.37. The summed E-state index contributed by atoms with van der Waals surface area (Å²) in [5.41, 5.74) is 1.74. The number of likely N-dealkylation sites (tertiary alicyclic amines) is 1. The average molecular weight is 351 g/mol. The Morgan fingerprint density at radius 2 is 2.04 bits per heavy atom. The maximum absolute atomic E-state index is 12.9. The summed E-state index contributed by atoms with van der Waals surface area (Å²) in [6.07, 6.45) is 6.82. The lowest BCUT2D eigenvalue weighted by Gasteiger charge is -2.33. The number of ether oxygens (including phenoxy) is 1. The number of nitrogens with one attached hydrogen (secondary N) is 2. The summed E-state index contributed by atoms with van der Waals surface area (Å²) in [4.78, 5) is 26.5. The first kappa shape index (κ1) is 16.4. The third kappa shape index (κ3) is 3.08. The van der Waals surface area contributed by atoms with E-state index in [1.165, 1.54) is 0 Å². The zero-order valence-corrected chi connectivity index (χ0v) is 14.6. The number of aromatic nitrogens is 3. The highest BCUT2D eigenvalue weighted by Gasteiger charge is 2.25. The number of carbonyl (C=O) groups is 1. The molecule has 0 saturated carbocycles. The Labute approximate surface area is 151 Å². The molecule has 1 aliphatic rings. The van der Waals surface area contributed by atoms with Crippen LogP contribution in [0.2, 0.25) is 0 Å². The lowest BCUT2D eigenvalue weighted by molar-refractivity contribution is 0.0720. The van der Waals surface area contributed by atoms with Crippen LogP contribution in [-0.4, -0.2) is 52.0 Å². The van der Waals surface area contributed by atoms with Crippen LogP contribution in [0, 0.1) is 0 Å². The van der Waals surface area contributed by atoms with E-state index >= 15 is 0 Å². The summed E-state index contributed by atoms with van der Waals surface area (Å²) in [6, 6.07) is 7.99. The fourth-order valence-corrected chi connectivity index (χ4v) is 3.44. The van der Waals surface area contributed by atoms with E-state index in [4.69, 9.17) is 4.74 Å². The second kappa shape index (κ2) is 7.03. The third-order valence-electron chi connectivity index (χ3n) is 4.81. The Kier molecular flexibility index (Phi) is 4.43. The van der Waals surface area contributed by atoms with Crippen molar-refractivity contribution in [3.05, 3.63) is 48.4 Å². The monoisotopic (exact) mass is 351 g/mol. The van der Waals surface area contributed by atoms with Crippen molar-refractivity contribution >= 4 is 22.6 Å². The van der Waals surface area contributed by atoms with Gasteiger partial charge in [-0.15, -0.1) is 0 Å². The van der Waals surface area contributed by atoms with Gasteiger partial charge in [-0.2, -0.15) is 0 Å². The van der Waals surface area contributed by atoms with E-state index in [0.29, 0.717) is 24.8 Å². The minimum absolute atomic E-state index is 0.0886. The van der Waals surface area contributed by atoms with Crippen molar-refractivity contribution in [1.82, 2.24) is 19.9 Å². The predicted octanol–water partition coefficient (Wildman–Crippen LogP) is 2.68. The first-order chi connectivity index (χ1) is 12.8. The molecular weight excluding hydrogens is 330 g/mol. The Morgan fingerprint density at radius 1 is 1.23 bits per heavy atom. The Bertz CT molecular complexity index is 915. The number of carbonyl (C=O) groups excluding carboxylic acids is 1. The largest absolute Gasteiger partial charge is 0.478 e. The first-order valence-electron chi connectivity index (χ1n) is 8.73. The van der Waals surface area contributed by atoms with E-state index in [-0.39, 0.29) is 11.9 Å². The maximum Gasteiger partial charge on any atom is 0.257 e. The molecule has 2 N–H and O–H groups in total. The quantitative estimate of drug-likeness (QED) is 0.755. The van der Waals surface area contributed by atoms with Crippen LogP contribution >= 0.6 is 0 Å². The van der Waals surface area contributed by atoms with Crippen molar-refractivity contribution in [2.75, 3.05) is 25.5 Å². The van der Waals surface area contributed by atoms with Crippen LogP contribution in [0.15, 0.2) is 42.9 Å². The number of rotatable bonds is 4. The molecule has 134 valence electrons. The van der Waals surface area contributed by atoms with E-state index in [9.17, 15) is 4.79 Å². The number of hydrogen-bond donors (Lipinski definition) is 2. The summed E-state index contributed by atoms with van der Waals surface area (Å²) in [7, 11) is 1.58. The Balaban J connectivity index is 1.42. The Hall–Kier alpha value is -3.09. The number of piperidine rings is 1. The van der Waals surface area contributed by atoms with Gasteiger partial charge >= 0.3 is 0 Å². The molecule has 3 heterocycles. The first-order valence-corrected chi connectivity index (χ1v) is 8.73. The fraction of sp³-hybridized carbons (Fsp3) is 0.316. The number of amides is 1. The van der Waals surface area contributed by atoms with Gasteiger partial charge in [-0.25, -0.2) is 9.97 Å². The lowest BCUT2D eigenvalue weighted by Crippen LogP contribution is -2.42. The van der Waals surface area contributed by atoms with Crippen LogP contribution in [0.5, 0.6) is 5.88 Å². The van der Waals surface area contributed by atoms with Crippen molar-refractivity contribution in [3.63, 3.8) is 0 Å². The molecule has 3 aromatic rings. The molecule has 0 spiro atoms. The molecule has 0 bridgehead atoms. The summed E-state index contributed by atoms with van der Waals surface area (Å²) in [6.45, 7) is 1.42. The smallest absolute Gasteiger partial charge is 0.257 e. The summed E-state index contributed by atoms with van der Waals surface area (Å²) in [5, 5.41) is 4.36. The number of nitrogens with zero attached hydrogens (tertiary/aromatic N) is 3. The topological polar surface area (TPSA) is 83.1 Å². The molecule has 7 heteroatoms. The molecule has 2 aromatic heterocycles. The van der Waals surface area contributed by atoms with Crippen molar-refractivity contribution in [2.45, 2.75) is 18.9 Å². The minimum atomic E-state index is 0.0886. The minimum Gasteiger partial charge on any atom is -0.478 e. The van der Waals surface area contributed by atoms with Crippen LogP contribution in [-0.2, 0) is 0 Å². The number of hydrogen-bond acceptors (Lipinski definition) is 5. The number of anilines is 1. The number of methoxy groups -OCH3 is 1. The van der Waals surface area contributed by atoms with E-state index in [1.54, 1.807) is 19.5 Å². The van der Waals surface area contributed by atoms with Gasteiger partial charge in [0.25, 0.3) is 11.8 Å². The average Bonchev–Trinajstić information content (AvgIpc) is 3.17. The third-order valence-corrected chi connectivity index (χ3v) is 4.81. The summed E-state index contributed by atoms with van der Waals surface area (Å²) >= 11 is 0. The van der Waals surface area contributed by atoms with Gasteiger partial charge in [-0.05, 0) is 31.0 Å². The van der Waals surface area contributed by atoms with Gasteiger partial charge in [-0.3, -0.25) is 4.79 Å². The van der Waals surface area contributed by atoms with E-state index in [1.807, 2.05) is 35.4 Å². The fourth-order valence-electron chi connectivity index (χ4n) is 3.44. The van der Waals surface area contributed by atoms with E-state index < -0.39 is 0 Å². The predicted molar refractivity (Wildman–Crippen MR) is 99.4 cm³/mol. The van der Waals surface area contributed by atoms with Crippen molar-refractivity contribution < 1.29 is 9.53 Å². The normalized spacial score (nSPS) is 15.2. The molecule has 0 aliphatic carbocycles. The van der Waals surface area contributed by atoms with Crippen LogP contribution in [0.3, 0.4) is 0 Å². The van der Waals surface area contributed by atoms with Gasteiger partial charge in [0.05, 0.1) is 7.11 Å².